The molecule has 2 atom stereocenters. The fraction of sp³-hybridized carbons (Fsp3) is 0.615. The van der Waals surface area contributed by atoms with Crippen molar-refractivity contribution in [2.75, 3.05) is 24.7 Å². The summed E-state index contributed by atoms with van der Waals surface area (Å²) in [5.74, 6) is 0.479. The lowest BCUT2D eigenvalue weighted by atomic mass is 10.1. The number of halogens is 3. The van der Waals surface area contributed by atoms with E-state index in [9.17, 15) is 18.3 Å². The minimum absolute atomic E-state index is 0.0759. The van der Waals surface area contributed by atoms with Gasteiger partial charge in [-0.2, -0.15) is 13.2 Å². The van der Waals surface area contributed by atoms with Crippen LogP contribution in [0.3, 0.4) is 0 Å². The number of pyridine rings is 1. The molecular weight excluding hydrogens is 273 g/mol. The van der Waals surface area contributed by atoms with Crippen LogP contribution in [0.1, 0.15) is 18.9 Å². The van der Waals surface area contributed by atoms with Crippen molar-refractivity contribution < 1.29 is 23.0 Å². The summed E-state index contributed by atoms with van der Waals surface area (Å²) in [7, 11) is 0. The molecule has 1 aromatic rings. The Morgan fingerprint density at radius 1 is 1.50 bits per heavy atom. The van der Waals surface area contributed by atoms with Crippen molar-refractivity contribution in [3.63, 3.8) is 0 Å². The number of hydrogen-bond donors (Lipinski definition) is 1. The van der Waals surface area contributed by atoms with Gasteiger partial charge in [0.25, 0.3) is 0 Å². The van der Waals surface area contributed by atoms with Gasteiger partial charge in [0.1, 0.15) is 5.82 Å². The molecule has 1 aliphatic rings. The topological polar surface area (TPSA) is 45.6 Å². The first-order valence-corrected chi connectivity index (χ1v) is 6.43. The van der Waals surface area contributed by atoms with Crippen molar-refractivity contribution in [1.29, 1.82) is 0 Å². The average molecular weight is 290 g/mol. The van der Waals surface area contributed by atoms with Gasteiger partial charge in [0, 0.05) is 12.7 Å². The van der Waals surface area contributed by atoms with Crippen LogP contribution in [-0.4, -0.2) is 42.0 Å². The number of anilines is 1. The predicted molar refractivity (Wildman–Crippen MR) is 67.5 cm³/mol. The number of morpholine rings is 1. The van der Waals surface area contributed by atoms with E-state index in [2.05, 4.69) is 4.98 Å². The molecule has 0 amide bonds. The van der Waals surface area contributed by atoms with Crippen molar-refractivity contribution in [3.05, 3.63) is 23.9 Å². The highest BCUT2D eigenvalue weighted by molar-refractivity contribution is 5.41. The Morgan fingerprint density at radius 2 is 2.25 bits per heavy atom. The minimum atomic E-state index is -4.38. The molecule has 0 aliphatic carbocycles. The molecule has 0 spiro atoms. The molecule has 2 rings (SSSR count). The highest BCUT2D eigenvalue weighted by Crippen LogP contribution is 2.30. The lowest BCUT2D eigenvalue weighted by molar-refractivity contribution is -0.137. The normalized spacial score (nSPS) is 21.9. The second-order valence-corrected chi connectivity index (χ2v) is 4.91. The van der Waals surface area contributed by atoms with E-state index in [0.717, 1.165) is 12.3 Å². The van der Waals surface area contributed by atoms with Gasteiger partial charge in [-0.1, -0.05) is 0 Å². The van der Waals surface area contributed by atoms with E-state index in [1.807, 2.05) is 4.90 Å². The molecule has 2 heterocycles. The van der Waals surface area contributed by atoms with Gasteiger partial charge in [0.05, 0.1) is 30.9 Å². The molecule has 0 radical (unpaired) electrons. The van der Waals surface area contributed by atoms with Crippen LogP contribution in [0.15, 0.2) is 18.3 Å². The first-order chi connectivity index (χ1) is 9.38. The Bertz CT molecular complexity index is 434. The highest BCUT2D eigenvalue weighted by atomic mass is 19.4. The summed E-state index contributed by atoms with van der Waals surface area (Å²) in [6.45, 7) is 3.16. The van der Waals surface area contributed by atoms with E-state index < -0.39 is 17.8 Å². The van der Waals surface area contributed by atoms with Crippen LogP contribution >= 0.6 is 0 Å². The number of rotatable bonds is 3. The number of nitrogens with zero attached hydrogens (tertiary/aromatic N) is 2. The second kappa shape index (κ2) is 5.97. The van der Waals surface area contributed by atoms with E-state index in [0.29, 0.717) is 32.0 Å². The number of aromatic nitrogens is 1. The van der Waals surface area contributed by atoms with Crippen LogP contribution in [0.5, 0.6) is 0 Å². The molecule has 1 aliphatic heterocycles. The zero-order valence-corrected chi connectivity index (χ0v) is 11.1. The SMILES string of the molecule is C[C@@H](O)C[C@H]1COCCN1c1ccc(C(F)(F)F)cn1. The predicted octanol–water partition coefficient (Wildman–Crippen LogP) is 2.08. The van der Waals surface area contributed by atoms with Gasteiger partial charge in [-0.05, 0) is 25.5 Å². The van der Waals surface area contributed by atoms with Crippen LogP contribution in [0, 0.1) is 0 Å². The van der Waals surface area contributed by atoms with Crippen molar-refractivity contribution in [2.45, 2.75) is 31.7 Å². The zero-order chi connectivity index (χ0) is 14.8. The smallest absolute Gasteiger partial charge is 0.393 e. The van der Waals surface area contributed by atoms with Gasteiger partial charge >= 0.3 is 6.18 Å². The van der Waals surface area contributed by atoms with Crippen molar-refractivity contribution in [3.8, 4) is 0 Å². The summed E-state index contributed by atoms with van der Waals surface area (Å²) in [4.78, 5) is 5.78. The summed E-state index contributed by atoms with van der Waals surface area (Å²) < 4.78 is 42.9. The maximum absolute atomic E-state index is 12.5. The molecule has 0 unspecified atom stereocenters. The lowest BCUT2D eigenvalue weighted by Gasteiger charge is -2.37. The molecule has 1 fully saturated rings. The number of aliphatic hydroxyl groups is 1. The van der Waals surface area contributed by atoms with Gasteiger partial charge in [-0.15, -0.1) is 0 Å². The molecule has 1 aromatic heterocycles. The number of alkyl halides is 3. The van der Waals surface area contributed by atoms with E-state index in [4.69, 9.17) is 4.74 Å². The van der Waals surface area contributed by atoms with Crippen LogP contribution in [-0.2, 0) is 10.9 Å². The highest BCUT2D eigenvalue weighted by Gasteiger charge is 2.31. The zero-order valence-electron chi connectivity index (χ0n) is 11.1. The van der Waals surface area contributed by atoms with E-state index in [-0.39, 0.29) is 6.04 Å². The molecule has 7 heteroatoms. The van der Waals surface area contributed by atoms with E-state index >= 15 is 0 Å². The van der Waals surface area contributed by atoms with Gasteiger partial charge in [-0.25, -0.2) is 4.98 Å². The fourth-order valence-electron chi connectivity index (χ4n) is 2.27. The molecule has 0 saturated carbocycles. The number of ether oxygens (including phenoxy) is 1. The Hall–Kier alpha value is -1.34. The van der Waals surface area contributed by atoms with Gasteiger partial charge in [0.15, 0.2) is 0 Å². The second-order valence-electron chi connectivity index (χ2n) is 4.91. The molecule has 0 aromatic carbocycles. The Kier molecular flexibility index (Phi) is 4.49. The summed E-state index contributed by atoms with van der Waals surface area (Å²) in [6, 6.07) is 2.31. The van der Waals surface area contributed by atoms with Crippen LogP contribution in [0.4, 0.5) is 19.0 Å². The number of hydrogen-bond acceptors (Lipinski definition) is 4. The first-order valence-electron chi connectivity index (χ1n) is 6.43. The molecular formula is C13H17F3N2O2. The molecule has 1 N–H and O–H groups in total. The maximum Gasteiger partial charge on any atom is 0.417 e. The molecule has 0 bridgehead atoms. The third kappa shape index (κ3) is 3.61. The van der Waals surface area contributed by atoms with E-state index in [1.54, 1.807) is 6.92 Å². The maximum atomic E-state index is 12.5. The lowest BCUT2D eigenvalue weighted by Crippen LogP contribution is -2.47. The largest absolute Gasteiger partial charge is 0.417 e. The average Bonchev–Trinajstić information content (AvgIpc) is 2.38. The third-order valence-electron chi connectivity index (χ3n) is 3.21. The Morgan fingerprint density at radius 3 is 2.80 bits per heavy atom. The van der Waals surface area contributed by atoms with Crippen molar-refractivity contribution >= 4 is 5.82 Å². The Balaban J connectivity index is 2.15. The third-order valence-corrected chi connectivity index (χ3v) is 3.21. The van der Waals surface area contributed by atoms with Gasteiger partial charge in [0.2, 0.25) is 0 Å². The summed E-state index contributed by atoms with van der Waals surface area (Å²) >= 11 is 0. The van der Waals surface area contributed by atoms with Gasteiger partial charge in [-0.3, -0.25) is 0 Å². The van der Waals surface area contributed by atoms with Crippen LogP contribution < -0.4 is 4.90 Å². The van der Waals surface area contributed by atoms with Gasteiger partial charge < -0.3 is 14.7 Å². The quantitative estimate of drug-likeness (QED) is 0.925. The van der Waals surface area contributed by atoms with Crippen LogP contribution in [0.25, 0.3) is 0 Å². The summed E-state index contributed by atoms with van der Waals surface area (Å²) in [5.41, 5.74) is -0.762. The van der Waals surface area contributed by atoms with E-state index in [1.165, 1.54) is 6.07 Å². The molecule has 1 saturated heterocycles. The number of aliphatic hydroxyl groups excluding tert-OH is 1. The molecule has 4 nitrogen and oxygen atoms in total. The standard InChI is InChI=1S/C13H17F3N2O2/c1-9(19)6-11-8-20-5-4-18(11)12-3-2-10(7-17-12)13(14,15)16/h2-3,7,9,11,19H,4-6,8H2,1H3/t9-,11+/m1/s1. The molecule has 20 heavy (non-hydrogen) atoms. The van der Waals surface area contributed by atoms with Crippen molar-refractivity contribution in [2.24, 2.45) is 0 Å². The first kappa shape index (κ1) is 15.1. The summed E-state index contributed by atoms with van der Waals surface area (Å²) in [5, 5.41) is 9.47. The van der Waals surface area contributed by atoms with Crippen molar-refractivity contribution in [1.82, 2.24) is 4.98 Å². The summed E-state index contributed by atoms with van der Waals surface area (Å²) in [6.07, 6.45) is -3.55. The Labute approximate surface area is 115 Å². The van der Waals surface area contributed by atoms with Crippen LogP contribution in [0.2, 0.25) is 0 Å². The monoisotopic (exact) mass is 290 g/mol. The fourth-order valence-corrected chi connectivity index (χ4v) is 2.27. The minimum Gasteiger partial charge on any atom is -0.393 e. The molecule has 112 valence electrons.